The van der Waals surface area contributed by atoms with Crippen LogP contribution in [0.1, 0.15) is 18.4 Å². The van der Waals surface area contributed by atoms with Gasteiger partial charge in [-0.3, -0.25) is 4.79 Å². The highest BCUT2D eigenvalue weighted by Gasteiger charge is 2.56. The van der Waals surface area contributed by atoms with Crippen LogP contribution in [-0.4, -0.2) is 34.4 Å². The number of ether oxygens (including phenoxy) is 4. The molecule has 0 spiro atoms. The van der Waals surface area contributed by atoms with Gasteiger partial charge in [0, 0.05) is 12.1 Å². The smallest absolute Gasteiger partial charge is 0.316 e. The van der Waals surface area contributed by atoms with E-state index in [9.17, 15) is 4.79 Å². The van der Waals surface area contributed by atoms with E-state index in [0.717, 1.165) is 18.4 Å². The molecular formula is C14H18O5. The molecule has 0 radical (unpaired) electrons. The average Bonchev–Trinajstić information content (AvgIpc) is 3.26. The Kier molecular flexibility index (Phi) is 3.55. The summed E-state index contributed by atoms with van der Waals surface area (Å²) < 4.78 is 20.9. The van der Waals surface area contributed by atoms with Crippen molar-refractivity contribution in [3.63, 3.8) is 0 Å². The Hall–Kier alpha value is -1.91. The summed E-state index contributed by atoms with van der Waals surface area (Å²) in [6.45, 7) is 0. The molecule has 0 atom stereocenters. The second kappa shape index (κ2) is 4.99. The van der Waals surface area contributed by atoms with Crippen LogP contribution in [0.5, 0.6) is 17.2 Å². The predicted octanol–water partition coefficient (Wildman–Crippen LogP) is 1.92. The van der Waals surface area contributed by atoms with Crippen molar-refractivity contribution in [3.05, 3.63) is 17.7 Å². The van der Waals surface area contributed by atoms with Gasteiger partial charge in [-0.15, -0.1) is 0 Å². The molecule has 0 amide bonds. The summed E-state index contributed by atoms with van der Waals surface area (Å²) in [7, 11) is 6.09. The maximum Gasteiger partial charge on any atom is 0.316 e. The van der Waals surface area contributed by atoms with Crippen molar-refractivity contribution in [2.24, 2.45) is 0 Å². The molecule has 1 aromatic carbocycles. The molecule has 2 rings (SSSR count). The van der Waals surface area contributed by atoms with Gasteiger partial charge in [0.2, 0.25) is 0 Å². The highest BCUT2D eigenvalue weighted by Crippen LogP contribution is 2.56. The van der Waals surface area contributed by atoms with Gasteiger partial charge in [-0.1, -0.05) is 0 Å². The van der Waals surface area contributed by atoms with Crippen LogP contribution in [0, 0.1) is 0 Å². The monoisotopic (exact) mass is 266 g/mol. The summed E-state index contributed by atoms with van der Waals surface area (Å²) in [5.41, 5.74) is 0.0997. The minimum absolute atomic E-state index is 0.255. The third-order valence-electron chi connectivity index (χ3n) is 3.52. The molecule has 1 saturated carbocycles. The summed E-state index contributed by atoms with van der Waals surface area (Å²) in [6, 6.07) is 3.50. The molecule has 1 aliphatic carbocycles. The molecule has 0 aromatic heterocycles. The number of carbonyl (C=O) groups excluding carboxylic acids is 1. The van der Waals surface area contributed by atoms with Gasteiger partial charge in [0.15, 0.2) is 0 Å². The number of esters is 1. The minimum atomic E-state index is -0.641. The van der Waals surface area contributed by atoms with Crippen LogP contribution in [0.25, 0.3) is 0 Å². The van der Waals surface area contributed by atoms with E-state index in [-0.39, 0.29) is 5.97 Å². The first kappa shape index (κ1) is 13.5. The normalized spacial score (nSPS) is 15.6. The molecule has 0 saturated heterocycles. The molecular weight excluding hydrogens is 248 g/mol. The molecule has 104 valence electrons. The fourth-order valence-electron chi connectivity index (χ4n) is 2.35. The van der Waals surface area contributed by atoms with E-state index in [0.29, 0.717) is 17.2 Å². The largest absolute Gasteiger partial charge is 0.496 e. The number of methoxy groups -OCH3 is 4. The lowest BCUT2D eigenvalue weighted by Crippen LogP contribution is -2.23. The molecule has 19 heavy (non-hydrogen) atoms. The van der Waals surface area contributed by atoms with Gasteiger partial charge in [-0.25, -0.2) is 0 Å². The van der Waals surface area contributed by atoms with Gasteiger partial charge in [-0.05, 0) is 12.8 Å². The van der Waals surface area contributed by atoms with E-state index in [1.807, 2.05) is 0 Å². The molecule has 0 aliphatic heterocycles. The van der Waals surface area contributed by atoms with Crippen LogP contribution in [-0.2, 0) is 14.9 Å². The molecule has 1 aliphatic rings. The van der Waals surface area contributed by atoms with Gasteiger partial charge in [0.25, 0.3) is 0 Å². The average molecular weight is 266 g/mol. The van der Waals surface area contributed by atoms with Gasteiger partial charge in [0.1, 0.15) is 22.7 Å². The SMILES string of the molecule is COC(=O)C1(c2c(OC)cc(OC)cc2OC)CC1. The van der Waals surface area contributed by atoms with Gasteiger partial charge in [0.05, 0.1) is 34.0 Å². The summed E-state index contributed by atoms with van der Waals surface area (Å²) in [4.78, 5) is 12.0. The third kappa shape index (κ3) is 2.09. The molecule has 0 unspecified atom stereocenters. The van der Waals surface area contributed by atoms with Crippen molar-refractivity contribution in [2.75, 3.05) is 28.4 Å². The first-order valence-electron chi connectivity index (χ1n) is 6.02. The van der Waals surface area contributed by atoms with Crippen molar-refractivity contribution in [2.45, 2.75) is 18.3 Å². The fourth-order valence-corrected chi connectivity index (χ4v) is 2.35. The zero-order valence-electron chi connectivity index (χ0n) is 11.6. The lowest BCUT2D eigenvalue weighted by Gasteiger charge is -2.20. The van der Waals surface area contributed by atoms with Crippen LogP contribution in [0.4, 0.5) is 0 Å². The second-order valence-electron chi connectivity index (χ2n) is 4.48. The number of hydrogen-bond donors (Lipinski definition) is 0. The van der Waals surface area contributed by atoms with Crippen molar-refractivity contribution in [1.29, 1.82) is 0 Å². The second-order valence-corrected chi connectivity index (χ2v) is 4.48. The van der Waals surface area contributed by atoms with Gasteiger partial charge >= 0.3 is 5.97 Å². The van der Waals surface area contributed by atoms with Crippen molar-refractivity contribution >= 4 is 5.97 Å². The first-order chi connectivity index (χ1) is 9.12. The van der Waals surface area contributed by atoms with Crippen molar-refractivity contribution in [1.82, 2.24) is 0 Å². The summed E-state index contributed by atoms with van der Waals surface area (Å²) in [5, 5.41) is 0. The zero-order chi connectivity index (χ0) is 14.0. The zero-order valence-corrected chi connectivity index (χ0v) is 11.6. The highest BCUT2D eigenvalue weighted by atomic mass is 16.5. The first-order valence-corrected chi connectivity index (χ1v) is 6.02. The summed E-state index contributed by atoms with van der Waals surface area (Å²) in [6.07, 6.45) is 1.47. The van der Waals surface area contributed by atoms with Crippen LogP contribution < -0.4 is 14.2 Å². The van der Waals surface area contributed by atoms with E-state index in [1.54, 1.807) is 33.5 Å². The Morgan fingerprint density at radius 1 is 1.00 bits per heavy atom. The highest BCUT2D eigenvalue weighted by molar-refractivity contribution is 5.89. The lowest BCUT2D eigenvalue weighted by atomic mass is 9.93. The Bertz CT molecular complexity index is 466. The maximum absolute atomic E-state index is 12.0. The van der Waals surface area contributed by atoms with Crippen LogP contribution in [0.2, 0.25) is 0 Å². The number of carbonyl (C=O) groups is 1. The lowest BCUT2D eigenvalue weighted by molar-refractivity contribution is -0.143. The molecule has 5 heteroatoms. The quantitative estimate of drug-likeness (QED) is 0.762. The topological polar surface area (TPSA) is 54.0 Å². The Morgan fingerprint density at radius 3 is 1.84 bits per heavy atom. The molecule has 0 N–H and O–H groups in total. The number of hydrogen-bond acceptors (Lipinski definition) is 5. The van der Waals surface area contributed by atoms with Crippen LogP contribution >= 0.6 is 0 Å². The molecule has 5 nitrogen and oxygen atoms in total. The maximum atomic E-state index is 12.0. The Balaban J connectivity index is 2.58. The van der Waals surface area contributed by atoms with E-state index in [2.05, 4.69) is 0 Å². The van der Waals surface area contributed by atoms with Crippen LogP contribution in [0.15, 0.2) is 12.1 Å². The van der Waals surface area contributed by atoms with E-state index in [1.165, 1.54) is 7.11 Å². The Labute approximate surface area is 112 Å². The number of rotatable bonds is 5. The molecule has 0 bridgehead atoms. The van der Waals surface area contributed by atoms with E-state index < -0.39 is 5.41 Å². The van der Waals surface area contributed by atoms with Gasteiger partial charge < -0.3 is 18.9 Å². The van der Waals surface area contributed by atoms with Gasteiger partial charge in [-0.2, -0.15) is 0 Å². The standard InChI is InChI=1S/C14H18O5/c1-16-9-7-10(17-2)12(11(8-9)18-3)14(5-6-14)13(15)19-4/h7-8H,5-6H2,1-4H3. The van der Waals surface area contributed by atoms with Crippen molar-refractivity contribution in [3.8, 4) is 17.2 Å². The van der Waals surface area contributed by atoms with E-state index in [4.69, 9.17) is 18.9 Å². The Morgan fingerprint density at radius 2 is 1.53 bits per heavy atom. The van der Waals surface area contributed by atoms with Crippen molar-refractivity contribution < 1.29 is 23.7 Å². The molecule has 1 fully saturated rings. The molecule has 1 aromatic rings. The summed E-state index contributed by atoms with van der Waals surface area (Å²) in [5.74, 6) is 1.53. The van der Waals surface area contributed by atoms with E-state index >= 15 is 0 Å². The van der Waals surface area contributed by atoms with Crippen LogP contribution in [0.3, 0.4) is 0 Å². The molecule has 0 heterocycles. The summed E-state index contributed by atoms with van der Waals surface area (Å²) >= 11 is 0. The number of benzene rings is 1. The minimum Gasteiger partial charge on any atom is -0.496 e. The third-order valence-corrected chi connectivity index (χ3v) is 3.52. The predicted molar refractivity (Wildman–Crippen MR) is 69.0 cm³/mol. The fraction of sp³-hybridized carbons (Fsp3) is 0.500.